The Balaban J connectivity index is 1.44. The molecule has 3 fully saturated rings. The van der Waals surface area contributed by atoms with Gasteiger partial charge in [0.05, 0.1) is 12.2 Å². The second-order valence-electron chi connectivity index (χ2n) is 8.78. The number of hydrogen-bond acceptors (Lipinski definition) is 2. The maximum absolute atomic E-state index is 6.13. The summed E-state index contributed by atoms with van der Waals surface area (Å²) in [6.45, 7) is 6.13. The van der Waals surface area contributed by atoms with Gasteiger partial charge < -0.3 is 9.47 Å². The van der Waals surface area contributed by atoms with Crippen LogP contribution < -0.4 is 0 Å². The van der Waals surface area contributed by atoms with Crippen LogP contribution in [0.25, 0.3) is 0 Å². The Morgan fingerprint density at radius 2 is 1.23 bits per heavy atom. The summed E-state index contributed by atoms with van der Waals surface area (Å²) in [4.78, 5) is 0. The van der Waals surface area contributed by atoms with Crippen LogP contribution in [0.3, 0.4) is 0 Å². The van der Waals surface area contributed by atoms with Gasteiger partial charge in [-0.25, -0.2) is 0 Å². The second kappa shape index (κ2) is 7.21. The summed E-state index contributed by atoms with van der Waals surface area (Å²) in [6.07, 6.45) is 14.5. The Labute approximate surface area is 137 Å². The first-order chi connectivity index (χ1) is 10.6. The van der Waals surface area contributed by atoms with E-state index >= 15 is 0 Å². The summed E-state index contributed by atoms with van der Waals surface area (Å²) in [5.74, 6) is 2.70. The first-order valence-corrected chi connectivity index (χ1v) is 9.74. The van der Waals surface area contributed by atoms with E-state index in [-0.39, 0.29) is 0 Å². The predicted octanol–water partition coefficient (Wildman–Crippen LogP) is 5.20. The van der Waals surface area contributed by atoms with Crippen LogP contribution in [0.5, 0.6) is 0 Å². The first-order valence-electron chi connectivity index (χ1n) is 9.74. The highest BCUT2D eigenvalue weighted by molar-refractivity contribution is 4.91. The molecule has 0 spiro atoms. The van der Waals surface area contributed by atoms with Crippen LogP contribution >= 0.6 is 0 Å². The van der Waals surface area contributed by atoms with Gasteiger partial charge in [-0.3, -0.25) is 0 Å². The summed E-state index contributed by atoms with van der Waals surface area (Å²) in [6, 6.07) is 0. The van der Waals surface area contributed by atoms with Gasteiger partial charge in [-0.1, -0.05) is 13.8 Å². The van der Waals surface area contributed by atoms with E-state index < -0.39 is 0 Å². The first kappa shape index (κ1) is 16.8. The van der Waals surface area contributed by atoms with Crippen molar-refractivity contribution in [2.45, 2.75) is 90.3 Å². The van der Waals surface area contributed by atoms with Crippen LogP contribution in [-0.4, -0.2) is 25.9 Å². The van der Waals surface area contributed by atoms with Crippen molar-refractivity contribution >= 4 is 0 Å². The van der Waals surface area contributed by atoms with E-state index in [0.29, 0.717) is 17.6 Å². The molecule has 0 bridgehead atoms. The molecule has 0 aliphatic heterocycles. The van der Waals surface area contributed by atoms with Crippen LogP contribution in [0, 0.1) is 23.2 Å². The Bertz CT molecular complexity index is 332. The van der Waals surface area contributed by atoms with Crippen molar-refractivity contribution in [3.05, 3.63) is 0 Å². The minimum absolute atomic E-state index is 0.500. The predicted molar refractivity (Wildman–Crippen MR) is 91.0 cm³/mol. The molecule has 0 aromatic heterocycles. The zero-order valence-corrected chi connectivity index (χ0v) is 15.0. The smallest absolute Gasteiger partial charge is 0.0575 e. The van der Waals surface area contributed by atoms with Gasteiger partial charge in [0.2, 0.25) is 0 Å². The molecular weight excluding hydrogens is 272 g/mol. The minimum Gasteiger partial charge on any atom is -0.381 e. The summed E-state index contributed by atoms with van der Waals surface area (Å²) < 4.78 is 11.7. The molecule has 3 aliphatic carbocycles. The highest BCUT2D eigenvalue weighted by atomic mass is 16.5. The molecule has 0 unspecified atom stereocenters. The van der Waals surface area contributed by atoms with E-state index in [0.717, 1.165) is 24.4 Å². The highest BCUT2D eigenvalue weighted by Crippen LogP contribution is 2.48. The molecule has 0 atom stereocenters. The summed E-state index contributed by atoms with van der Waals surface area (Å²) in [7, 11) is 1.87. The maximum atomic E-state index is 6.13. The zero-order valence-electron chi connectivity index (χ0n) is 15.0. The van der Waals surface area contributed by atoms with E-state index in [1.54, 1.807) is 0 Å². The lowest BCUT2D eigenvalue weighted by molar-refractivity contribution is -0.0301. The van der Waals surface area contributed by atoms with Gasteiger partial charge in [0, 0.05) is 13.7 Å². The van der Waals surface area contributed by atoms with E-state index in [9.17, 15) is 0 Å². The lowest BCUT2D eigenvalue weighted by Crippen LogP contribution is -2.39. The molecule has 3 saturated carbocycles. The minimum atomic E-state index is 0.500. The lowest BCUT2D eigenvalue weighted by Gasteiger charge is -2.46. The summed E-state index contributed by atoms with van der Waals surface area (Å²) in [5, 5.41) is 0. The van der Waals surface area contributed by atoms with Gasteiger partial charge in [-0.15, -0.1) is 0 Å². The molecular formula is C20H36O2. The molecule has 22 heavy (non-hydrogen) atoms. The quantitative estimate of drug-likeness (QED) is 0.671. The average Bonchev–Trinajstić information content (AvgIpc) is 3.38. The van der Waals surface area contributed by atoms with Crippen LogP contribution in [0.4, 0.5) is 0 Å². The van der Waals surface area contributed by atoms with Gasteiger partial charge in [0.15, 0.2) is 0 Å². The summed E-state index contributed by atoms with van der Waals surface area (Å²) in [5.41, 5.74) is 0.500. The third-order valence-electron chi connectivity index (χ3n) is 7.05. The van der Waals surface area contributed by atoms with E-state index in [2.05, 4.69) is 13.8 Å². The van der Waals surface area contributed by atoms with Gasteiger partial charge in [0.25, 0.3) is 0 Å². The van der Waals surface area contributed by atoms with Crippen molar-refractivity contribution < 1.29 is 9.47 Å². The van der Waals surface area contributed by atoms with Crippen molar-refractivity contribution in [1.82, 2.24) is 0 Å². The molecule has 128 valence electrons. The fraction of sp³-hybridized carbons (Fsp3) is 1.00. The van der Waals surface area contributed by atoms with E-state index in [1.165, 1.54) is 64.2 Å². The number of ether oxygens (including phenoxy) is 2. The molecule has 0 saturated heterocycles. The normalized spacial score (nSPS) is 37.2. The molecule has 0 N–H and O–H groups in total. The van der Waals surface area contributed by atoms with Crippen LogP contribution in [0.1, 0.15) is 78.1 Å². The Morgan fingerprint density at radius 1 is 0.727 bits per heavy atom. The van der Waals surface area contributed by atoms with E-state index in [1.807, 2.05) is 7.11 Å². The van der Waals surface area contributed by atoms with Crippen molar-refractivity contribution in [3.8, 4) is 0 Å². The molecule has 3 aliphatic rings. The summed E-state index contributed by atoms with van der Waals surface area (Å²) >= 11 is 0. The number of methoxy groups -OCH3 is 1. The van der Waals surface area contributed by atoms with Crippen molar-refractivity contribution in [3.63, 3.8) is 0 Å². The fourth-order valence-electron chi connectivity index (χ4n) is 4.91. The number of rotatable bonds is 6. The average molecular weight is 309 g/mol. The SMILES string of the molecule is COC1CCC(C(C)(C)C2CCC(OCC3CC3)CC2)CC1. The Kier molecular flexibility index (Phi) is 5.50. The highest BCUT2D eigenvalue weighted by Gasteiger charge is 2.40. The van der Waals surface area contributed by atoms with Crippen LogP contribution in [-0.2, 0) is 9.47 Å². The molecule has 0 heterocycles. The molecule has 2 heteroatoms. The molecule has 0 aromatic carbocycles. The topological polar surface area (TPSA) is 18.5 Å². The van der Waals surface area contributed by atoms with Crippen molar-refractivity contribution in [1.29, 1.82) is 0 Å². The second-order valence-corrected chi connectivity index (χ2v) is 8.78. The van der Waals surface area contributed by atoms with Gasteiger partial charge in [-0.2, -0.15) is 0 Å². The molecule has 0 radical (unpaired) electrons. The monoisotopic (exact) mass is 308 g/mol. The largest absolute Gasteiger partial charge is 0.381 e. The molecule has 0 aromatic rings. The Hall–Kier alpha value is -0.0800. The Morgan fingerprint density at radius 3 is 1.68 bits per heavy atom. The number of hydrogen-bond donors (Lipinski definition) is 0. The van der Waals surface area contributed by atoms with Crippen molar-refractivity contribution in [2.24, 2.45) is 23.2 Å². The third-order valence-corrected chi connectivity index (χ3v) is 7.05. The van der Waals surface area contributed by atoms with Gasteiger partial charge in [-0.05, 0) is 87.4 Å². The maximum Gasteiger partial charge on any atom is 0.0575 e. The van der Waals surface area contributed by atoms with Crippen LogP contribution in [0.15, 0.2) is 0 Å². The molecule has 2 nitrogen and oxygen atoms in total. The fourth-order valence-corrected chi connectivity index (χ4v) is 4.91. The molecule has 0 amide bonds. The standard InChI is InChI=1S/C20H36O2/c1-20(2,16-6-10-18(21-3)11-7-16)17-8-12-19(13-9-17)22-14-15-4-5-15/h15-19H,4-14H2,1-3H3. The third kappa shape index (κ3) is 4.06. The van der Waals surface area contributed by atoms with Gasteiger partial charge >= 0.3 is 0 Å². The van der Waals surface area contributed by atoms with Gasteiger partial charge in [0.1, 0.15) is 0 Å². The molecule has 3 rings (SSSR count). The van der Waals surface area contributed by atoms with Crippen molar-refractivity contribution in [2.75, 3.05) is 13.7 Å². The van der Waals surface area contributed by atoms with E-state index in [4.69, 9.17) is 9.47 Å². The van der Waals surface area contributed by atoms with Crippen LogP contribution in [0.2, 0.25) is 0 Å². The lowest BCUT2D eigenvalue weighted by atomic mass is 9.60. The zero-order chi connectivity index (χ0) is 15.6.